The molecule has 0 aliphatic carbocycles. The number of nitrogens with zero attached hydrogens (tertiary/aromatic N) is 1. The van der Waals surface area contributed by atoms with Crippen LogP contribution in [0.3, 0.4) is 0 Å². The number of rotatable bonds is 1. The van der Waals surface area contributed by atoms with Gasteiger partial charge >= 0.3 is 6.36 Å². The molecule has 1 aromatic heterocycles. The number of halogens is 4. The maximum absolute atomic E-state index is 11.7. The topological polar surface area (TPSA) is 22.1 Å². The number of hydrogen-bond acceptors (Lipinski definition) is 2. The molecule has 0 atom stereocenters. The van der Waals surface area contributed by atoms with E-state index in [2.05, 4.69) is 9.72 Å². The molecule has 2 nitrogen and oxygen atoms in total. The molecule has 72 valence electrons. The third kappa shape index (κ3) is 3.10. The van der Waals surface area contributed by atoms with Crippen molar-refractivity contribution in [2.24, 2.45) is 0 Å². The van der Waals surface area contributed by atoms with Gasteiger partial charge in [-0.05, 0) is 19.1 Å². The van der Waals surface area contributed by atoms with E-state index in [0.29, 0.717) is 5.69 Å². The van der Waals surface area contributed by atoms with Gasteiger partial charge in [-0.15, -0.1) is 13.2 Å². The van der Waals surface area contributed by atoms with E-state index in [0.717, 1.165) is 6.07 Å². The lowest BCUT2D eigenvalue weighted by Gasteiger charge is -2.09. The van der Waals surface area contributed by atoms with Gasteiger partial charge in [0.05, 0.1) is 0 Å². The lowest BCUT2D eigenvalue weighted by atomic mass is 10.4. The van der Waals surface area contributed by atoms with E-state index in [1.807, 2.05) is 0 Å². The van der Waals surface area contributed by atoms with Crippen LogP contribution in [0.25, 0.3) is 0 Å². The summed E-state index contributed by atoms with van der Waals surface area (Å²) in [4.78, 5) is 3.60. The van der Waals surface area contributed by atoms with Gasteiger partial charge in [-0.3, -0.25) is 0 Å². The summed E-state index contributed by atoms with van der Waals surface area (Å²) in [7, 11) is 0. The monoisotopic (exact) mass is 211 g/mol. The number of aryl methyl sites for hydroxylation is 1. The highest BCUT2D eigenvalue weighted by Crippen LogP contribution is 2.28. The Balaban J connectivity index is 2.90. The summed E-state index contributed by atoms with van der Waals surface area (Å²) in [5.74, 6) is -0.486. The van der Waals surface area contributed by atoms with Crippen LogP contribution in [-0.2, 0) is 0 Å². The first-order valence-corrected chi connectivity index (χ1v) is 3.65. The lowest BCUT2D eigenvalue weighted by Crippen LogP contribution is -2.17. The van der Waals surface area contributed by atoms with Gasteiger partial charge in [0.1, 0.15) is 0 Å². The van der Waals surface area contributed by atoms with Crippen molar-refractivity contribution in [2.75, 3.05) is 0 Å². The van der Waals surface area contributed by atoms with Crippen LogP contribution in [0.5, 0.6) is 5.75 Å². The normalized spacial score (nSPS) is 11.5. The van der Waals surface area contributed by atoms with Gasteiger partial charge in [-0.2, -0.15) is 0 Å². The summed E-state index contributed by atoms with van der Waals surface area (Å²) >= 11 is 5.40. The van der Waals surface area contributed by atoms with Crippen molar-refractivity contribution in [1.82, 2.24) is 4.98 Å². The Labute approximate surface area is 77.3 Å². The molecule has 0 amide bonds. The van der Waals surface area contributed by atoms with E-state index >= 15 is 0 Å². The molecule has 0 saturated heterocycles. The van der Waals surface area contributed by atoms with Crippen molar-refractivity contribution >= 4 is 11.6 Å². The minimum Gasteiger partial charge on any atom is -0.402 e. The molecule has 0 aromatic carbocycles. The Kier molecular flexibility index (Phi) is 2.66. The van der Waals surface area contributed by atoms with Crippen LogP contribution in [0.2, 0.25) is 5.15 Å². The standard InChI is InChI=1S/C7H5ClF3NO/c1-4-2-3-5(6(8)12-4)13-7(9,10)11/h2-3H,1H3. The van der Waals surface area contributed by atoms with E-state index < -0.39 is 12.1 Å². The predicted octanol–water partition coefficient (Wildman–Crippen LogP) is 2.94. The van der Waals surface area contributed by atoms with Crippen molar-refractivity contribution in [2.45, 2.75) is 13.3 Å². The van der Waals surface area contributed by atoms with E-state index in [1.165, 1.54) is 6.07 Å². The summed E-state index contributed by atoms with van der Waals surface area (Å²) in [6.07, 6.45) is -4.74. The third-order valence-electron chi connectivity index (χ3n) is 1.18. The second kappa shape index (κ2) is 3.41. The van der Waals surface area contributed by atoms with Gasteiger partial charge in [0.2, 0.25) is 0 Å². The van der Waals surface area contributed by atoms with Crippen LogP contribution in [0.4, 0.5) is 13.2 Å². The Bertz CT molecular complexity index is 313. The minimum absolute atomic E-state index is 0.294. The molecule has 0 radical (unpaired) electrons. The fourth-order valence-corrected chi connectivity index (χ4v) is 0.948. The minimum atomic E-state index is -4.74. The smallest absolute Gasteiger partial charge is 0.402 e. The maximum Gasteiger partial charge on any atom is 0.573 e. The zero-order valence-electron chi connectivity index (χ0n) is 6.52. The maximum atomic E-state index is 11.7. The SMILES string of the molecule is Cc1ccc(OC(F)(F)F)c(Cl)n1. The Hall–Kier alpha value is -0.970. The summed E-state index contributed by atoms with van der Waals surface area (Å²) in [5.41, 5.74) is 0.527. The molecule has 0 spiro atoms. The van der Waals surface area contributed by atoms with Crippen LogP contribution in [0, 0.1) is 6.92 Å². The van der Waals surface area contributed by atoms with E-state index in [1.54, 1.807) is 6.92 Å². The number of alkyl halides is 3. The van der Waals surface area contributed by atoms with Crippen molar-refractivity contribution in [3.63, 3.8) is 0 Å². The van der Waals surface area contributed by atoms with E-state index in [-0.39, 0.29) is 5.15 Å². The Morgan fingerprint density at radius 2 is 2.00 bits per heavy atom. The molecule has 0 saturated carbocycles. The predicted molar refractivity (Wildman–Crippen MR) is 40.7 cm³/mol. The van der Waals surface area contributed by atoms with Gasteiger partial charge in [-0.1, -0.05) is 11.6 Å². The molecular weight excluding hydrogens is 207 g/mol. The Morgan fingerprint density at radius 3 is 2.46 bits per heavy atom. The number of ether oxygens (including phenoxy) is 1. The van der Waals surface area contributed by atoms with Gasteiger partial charge in [0.15, 0.2) is 10.9 Å². The molecule has 0 fully saturated rings. The number of pyridine rings is 1. The quantitative estimate of drug-likeness (QED) is 0.667. The van der Waals surface area contributed by atoms with Gasteiger partial charge in [0, 0.05) is 5.69 Å². The van der Waals surface area contributed by atoms with Gasteiger partial charge < -0.3 is 4.74 Å². The first kappa shape index (κ1) is 10.1. The molecule has 0 aliphatic rings. The highest BCUT2D eigenvalue weighted by atomic mass is 35.5. The molecule has 1 rings (SSSR count). The largest absolute Gasteiger partial charge is 0.573 e. The molecule has 0 aliphatic heterocycles. The first-order chi connectivity index (χ1) is 5.88. The van der Waals surface area contributed by atoms with Crippen LogP contribution >= 0.6 is 11.6 Å². The highest BCUT2D eigenvalue weighted by Gasteiger charge is 2.32. The first-order valence-electron chi connectivity index (χ1n) is 3.27. The molecule has 1 aromatic rings. The third-order valence-corrected chi connectivity index (χ3v) is 1.45. The zero-order valence-corrected chi connectivity index (χ0v) is 7.28. The van der Waals surface area contributed by atoms with Gasteiger partial charge in [-0.25, -0.2) is 4.98 Å². The number of aromatic nitrogens is 1. The lowest BCUT2D eigenvalue weighted by molar-refractivity contribution is -0.274. The van der Waals surface area contributed by atoms with Crippen molar-refractivity contribution in [1.29, 1.82) is 0 Å². The fraction of sp³-hybridized carbons (Fsp3) is 0.286. The van der Waals surface area contributed by atoms with Crippen molar-refractivity contribution in [3.05, 3.63) is 23.0 Å². The number of hydrogen-bond donors (Lipinski definition) is 0. The molecule has 0 bridgehead atoms. The average molecular weight is 212 g/mol. The summed E-state index contributed by atoms with van der Waals surface area (Å²) in [5, 5.41) is -0.294. The van der Waals surface area contributed by atoms with Crippen LogP contribution in [0.1, 0.15) is 5.69 Å². The summed E-state index contributed by atoms with van der Waals surface area (Å²) < 4.78 is 38.7. The molecule has 6 heteroatoms. The zero-order chi connectivity index (χ0) is 10.1. The van der Waals surface area contributed by atoms with Crippen LogP contribution in [0.15, 0.2) is 12.1 Å². The van der Waals surface area contributed by atoms with Gasteiger partial charge in [0.25, 0.3) is 0 Å². The second-order valence-corrected chi connectivity index (χ2v) is 2.65. The van der Waals surface area contributed by atoms with Crippen molar-refractivity contribution in [3.8, 4) is 5.75 Å². The molecular formula is C7H5ClF3NO. The molecule has 13 heavy (non-hydrogen) atoms. The highest BCUT2D eigenvalue weighted by molar-refractivity contribution is 6.30. The fourth-order valence-electron chi connectivity index (χ4n) is 0.713. The molecule has 0 unspecified atom stereocenters. The van der Waals surface area contributed by atoms with E-state index in [9.17, 15) is 13.2 Å². The Morgan fingerprint density at radius 1 is 1.38 bits per heavy atom. The van der Waals surface area contributed by atoms with E-state index in [4.69, 9.17) is 11.6 Å². The summed E-state index contributed by atoms with van der Waals surface area (Å²) in [6, 6.07) is 2.51. The van der Waals surface area contributed by atoms with Crippen LogP contribution < -0.4 is 4.74 Å². The molecule has 1 heterocycles. The summed E-state index contributed by atoms with van der Waals surface area (Å²) in [6.45, 7) is 1.61. The average Bonchev–Trinajstić information content (AvgIpc) is 1.93. The van der Waals surface area contributed by atoms with Crippen molar-refractivity contribution < 1.29 is 17.9 Å². The molecule has 0 N–H and O–H groups in total. The second-order valence-electron chi connectivity index (χ2n) is 2.29. The van der Waals surface area contributed by atoms with Crippen LogP contribution in [-0.4, -0.2) is 11.3 Å².